The van der Waals surface area contributed by atoms with E-state index in [9.17, 15) is 0 Å². The van der Waals surface area contributed by atoms with E-state index < -0.39 is 0 Å². The summed E-state index contributed by atoms with van der Waals surface area (Å²) >= 11 is 0. The van der Waals surface area contributed by atoms with E-state index in [1.165, 1.54) is 11.1 Å². The van der Waals surface area contributed by atoms with Crippen molar-refractivity contribution >= 4 is 16.6 Å². The minimum Gasteiger partial charge on any atom is -0.478 e. The molecule has 3 rings (SSSR count). The summed E-state index contributed by atoms with van der Waals surface area (Å²) in [7, 11) is 0. The number of anilines is 1. The highest BCUT2D eigenvalue weighted by Gasteiger charge is 2.15. The Hall–Kier alpha value is -1.81. The van der Waals surface area contributed by atoms with Gasteiger partial charge in [-0.3, -0.25) is 0 Å². The number of morpholine rings is 1. The third-order valence-electron chi connectivity index (χ3n) is 3.31. The Morgan fingerprint density at radius 1 is 1.26 bits per heavy atom. The number of fused-ring (bicyclic) bond motifs is 1. The van der Waals surface area contributed by atoms with Gasteiger partial charge in [0, 0.05) is 24.5 Å². The second-order valence-electron chi connectivity index (χ2n) is 4.53. The minimum atomic E-state index is 0.633. The summed E-state index contributed by atoms with van der Waals surface area (Å²) in [5.41, 5.74) is 2.17. The van der Waals surface area contributed by atoms with Crippen LogP contribution in [0.15, 0.2) is 30.3 Å². The van der Waals surface area contributed by atoms with Gasteiger partial charge in [-0.1, -0.05) is 18.2 Å². The van der Waals surface area contributed by atoms with Gasteiger partial charge >= 0.3 is 0 Å². The highest BCUT2D eigenvalue weighted by molar-refractivity contribution is 5.92. The van der Waals surface area contributed by atoms with Crippen molar-refractivity contribution in [3.05, 3.63) is 30.3 Å². The second kappa shape index (κ2) is 5.45. The molecule has 0 unspecified atom stereocenters. The van der Waals surface area contributed by atoms with E-state index in [2.05, 4.69) is 16.0 Å². The Kier molecular flexibility index (Phi) is 3.51. The largest absolute Gasteiger partial charge is 0.478 e. The van der Waals surface area contributed by atoms with Crippen molar-refractivity contribution in [2.24, 2.45) is 0 Å². The van der Waals surface area contributed by atoms with Gasteiger partial charge in [0.2, 0.25) is 5.88 Å². The number of ether oxygens (including phenoxy) is 2. The number of nitrogens with zero attached hydrogens (tertiary/aromatic N) is 2. The first-order valence-electron chi connectivity index (χ1n) is 6.74. The van der Waals surface area contributed by atoms with Gasteiger partial charge in [0.05, 0.1) is 31.0 Å². The van der Waals surface area contributed by atoms with Gasteiger partial charge in [0.25, 0.3) is 0 Å². The van der Waals surface area contributed by atoms with Crippen molar-refractivity contribution in [1.82, 2.24) is 4.98 Å². The van der Waals surface area contributed by atoms with Gasteiger partial charge in [-0.25, -0.2) is 4.98 Å². The predicted molar refractivity (Wildman–Crippen MR) is 75.9 cm³/mol. The van der Waals surface area contributed by atoms with Gasteiger partial charge < -0.3 is 14.4 Å². The van der Waals surface area contributed by atoms with Crippen LogP contribution in [0.3, 0.4) is 0 Å². The summed E-state index contributed by atoms with van der Waals surface area (Å²) in [5.74, 6) is 0.697. The topological polar surface area (TPSA) is 34.6 Å². The van der Waals surface area contributed by atoms with E-state index in [0.717, 1.165) is 31.8 Å². The Morgan fingerprint density at radius 3 is 2.84 bits per heavy atom. The van der Waals surface area contributed by atoms with Crippen LogP contribution in [0.1, 0.15) is 6.92 Å². The predicted octanol–water partition coefficient (Wildman–Crippen LogP) is 2.47. The standard InChI is InChI=1S/C15H18N2O2/c1-2-19-15-11-14(17-7-9-18-10-8-17)12-5-3-4-6-13(12)16-15/h3-6,11H,2,7-10H2,1H3. The molecule has 1 aromatic carbocycles. The van der Waals surface area contributed by atoms with E-state index in [0.29, 0.717) is 12.5 Å². The molecule has 1 fully saturated rings. The highest BCUT2D eigenvalue weighted by Crippen LogP contribution is 2.30. The van der Waals surface area contributed by atoms with Gasteiger partial charge in [-0.2, -0.15) is 0 Å². The summed E-state index contributed by atoms with van der Waals surface area (Å²) in [5, 5.41) is 1.17. The number of rotatable bonds is 3. The molecule has 0 spiro atoms. The number of benzene rings is 1. The van der Waals surface area contributed by atoms with Crippen molar-refractivity contribution in [3.63, 3.8) is 0 Å². The number of hydrogen-bond acceptors (Lipinski definition) is 4. The summed E-state index contributed by atoms with van der Waals surface area (Å²) in [4.78, 5) is 6.88. The molecule has 1 aliphatic heterocycles. The lowest BCUT2D eigenvalue weighted by Crippen LogP contribution is -2.36. The molecule has 1 aliphatic rings. The smallest absolute Gasteiger partial charge is 0.215 e. The van der Waals surface area contributed by atoms with Crippen LogP contribution in [0.4, 0.5) is 5.69 Å². The van der Waals surface area contributed by atoms with Crippen LogP contribution in [0.25, 0.3) is 10.9 Å². The molecule has 0 bridgehead atoms. The minimum absolute atomic E-state index is 0.633. The van der Waals surface area contributed by atoms with Crippen LogP contribution in [-0.2, 0) is 4.74 Å². The molecule has 0 aliphatic carbocycles. The van der Waals surface area contributed by atoms with Gasteiger partial charge in [-0.05, 0) is 13.0 Å². The zero-order chi connectivity index (χ0) is 13.1. The monoisotopic (exact) mass is 258 g/mol. The third-order valence-corrected chi connectivity index (χ3v) is 3.31. The fourth-order valence-corrected chi connectivity index (χ4v) is 2.42. The maximum atomic E-state index is 5.58. The first-order chi connectivity index (χ1) is 9.38. The fraction of sp³-hybridized carbons (Fsp3) is 0.400. The Bertz CT molecular complexity index is 565. The van der Waals surface area contributed by atoms with Crippen molar-refractivity contribution in [3.8, 4) is 5.88 Å². The molecule has 0 radical (unpaired) electrons. The van der Waals surface area contributed by atoms with Crippen molar-refractivity contribution in [2.75, 3.05) is 37.8 Å². The first-order valence-corrected chi connectivity index (χ1v) is 6.74. The van der Waals surface area contributed by atoms with Gasteiger partial charge in [0.1, 0.15) is 0 Å². The molecule has 0 saturated carbocycles. The highest BCUT2D eigenvalue weighted by atomic mass is 16.5. The Balaban J connectivity index is 2.08. The van der Waals surface area contributed by atoms with E-state index >= 15 is 0 Å². The molecular formula is C15H18N2O2. The molecule has 1 aromatic heterocycles. The molecule has 0 atom stereocenters. The van der Waals surface area contributed by atoms with Gasteiger partial charge in [0.15, 0.2) is 0 Å². The molecule has 4 heteroatoms. The maximum absolute atomic E-state index is 5.58. The molecule has 4 nitrogen and oxygen atoms in total. The summed E-state index contributed by atoms with van der Waals surface area (Å²) in [6.07, 6.45) is 0. The van der Waals surface area contributed by atoms with E-state index in [-0.39, 0.29) is 0 Å². The fourth-order valence-electron chi connectivity index (χ4n) is 2.42. The maximum Gasteiger partial charge on any atom is 0.215 e. The van der Waals surface area contributed by atoms with Crippen LogP contribution in [0.2, 0.25) is 0 Å². The van der Waals surface area contributed by atoms with Crippen LogP contribution >= 0.6 is 0 Å². The molecule has 1 saturated heterocycles. The average molecular weight is 258 g/mol. The van der Waals surface area contributed by atoms with Gasteiger partial charge in [-0.15, -0.1) is 0 Å². The van der Waals surface area contributed by atoms with Crippen LogP contribution in [0, 0.1) is 0 Å². The lowest BCUT2D eigenvalue weighted by atomic mass is 10.1. The molecule has 2 aromatic rings. The van der Waals surface area contributed by atoms with Crippen LogP contribution in [-0.4, -0.2) is 37.9 Å². The van der Waals surface area contributed by atoms with Crippen molar-refractivity contribution < 1.29 is 9.47 Å². The molecule has 2 heterocycles. The third kappa shape index (κ3) is 2.49. The van der Waals surface area contributed by atoms with E-state index in [4.69, 9.17) is 9.47 Å². The number of para-hydroxylation sites is 1. The first kappa shape index (κ1) is 12.2. The molecule has 0 N–H and O–H groups in total. The molecule has 0 amide bonds. The van der Waals surface area contributed by atoms with E-state index in [1.54, 1.807) is 0 Å². The molecule has 19 heavy (non-hydrogen) atoms. The molecular weight excluding hydrogens is 240 g/mol. The van der Waals surface area contributed by atoms with Crippen molar-refractivity contribution in [2.45, 2.75) is 6.92 Å². The molecule has 100 valence electrons. The van der Waals surface area contributed by atoms with Crippen molar-refractivity contribution in [1.29, 1.82) is 0 Å². The SMILES string of the molecule is CCOc1cc(N2CCOCC2)c2ccccc2n1. The number of pyridine rings is 1. The quantitative estimate of drug-likeness (QED) is 0.847. The lowest BCUT2D eigenvalue weighted by molar-refractivity contribution is 0.123. The Morgan fingerprint density at radius 2 is 2.05 bits per heavy atom. The second-order valence-corrected chi connectivity index (χ2v) is 4.53. The summed E-state index contributed by atoms with van der Waals surface area (Å²) in [6.45, 7) is 6.00. The average Bonchev–Trinajstić information content (AvgIpc) is 2.48. The summed E-state index contributed by atoms with van der Waals surface area (Å²) < 4.78 is 11.0. The Labute approximate surface area is 113 Å². The summed E-state index contributed by atoms with van der Waals surface area (Å²) in [6, 6.07) is 10.2. The van der Waals surface area contributed by atoms with Crippen LogP contribution in [0.5, 0.6) is 5.88 Å². The number of aromatic nitrogens is 1. The zero-order valence-electron chi connectivity index (χ0n) is 11.1. The van der Waals surface area contributed by atoms with E-state index in [1.807, 2.05) is 31.2 Å². The van der Waals surface area contributed by atoms with Crippen LogP contribution < -0.4 is 9.64 Å². The zero-order valence-corrected chi connectivity index (χ0v) is 11.1. The lowest BCUT2D eigenvalue weighted by Gasteiger charge is -2.30. The number of hydrogen-bond donors (Lipinski definition) is 0. The normalized spacial score (nSPS) is 15.7.